The minimum Gasteiger partial charge on any atom is -0.493 e. The SMILES string of the molecule is COc1cc(OC(N)=O)nn2c(-c3ccccc3)c(-c3ccc(C4(N)CCC4)cc3)nc12. The van der Waals surface area contributed by atoms with E-state index in [2.05, 4.69) is 17.2 Å². The maximum absolute atomic E-state index is 11.3. The summed E-state index contributed by atoms with van der Waals surface area (Å²) in [5, 5.41) is 4.46. The van der Waals surface area contributed by atoms with Crippen molar-refractivity contribution in [1.29, 1.82) is 0 Å². The third kappa shape index (κ3) is 3.34. The van der Waals surface area contributed by atoms with Crippen molar-refractivity contribution in [1.82, 2.24) is 14.6 Å². The van der Waals surface area contributed by atoms with Gasteiger partial charge in [0.05, 0.1) is 12.8 Å². The van der Waals surface area contributed by atoms with Gasteiger partial charge >= 0.3 is 6.09 Å². The number of primary amides is 1. The van der Waals surface area contributed by atoms with E-state index < -0.39 is 6.09 Å². The van der Waals surface area contributed by atoms with Crippen LogP contribution in [0, 0.1) is 0 Å². The Morgan fingerprint density at radius 2 is 1.78 bits per heavy atom. The number of imidazole rings is 1. The van der Waals surface area contributed by atoms with Crippen molar-refractivity contribution >= 4 is 11.7 Å². The van der Waals surface area contributed by atoms with Crippen LogP contribution in [0.15, 0.2) is 60.7 Å². The first-order valence-electron chi connectivity index (χ1n) is 10.4. The summed E-state index contributed by atoms with van der Waals surface area (Å²) in [5.41, 5.74) is 16.4. The molecular formula is C24H23N5O3. The smallest absolute Gasteiger partial charge is 0.411 e. The van der Waals surface area contributed by atoms with Crippen LogP contribution in [0.25, 0.3) is 28.2 Å². The van der Waals surface area contributed by atoms with Crippen LogP contribution >= 0.6 is 0 Å². The van der Waals surface area contributed by atoms with Crippen LogP contribution < -0.4 is 20.9 Å². The average molecular weight is 429 g/mol. The quantitative estimate of drug-likeness (QED) is 0.497. The third-order valence-corrected chi connectivity index (χ3v) is 5.98. The molecule has 1 fully saturated rings. The van der Waals surface area contributed by atoms with Gasteiger partial charge in [-0.25, -0.2) is 14.3 Å². The van der Waals surface area contributed by atoms with Crippen LogP contribution in [0.4, 0.5) is 4.79 Å². The minimum atomic E-state index is -0.956. The van der Waals surface area contributed by atoms with E-state index >= 15 is 0 Å². The number of aromatic nitrogens is 3. The van der Waals surface area contributed by atoms with Gasteiger partial charge in [0.15, 0.2) is 11.4 Å². The van der Waals surface area contributed by atoms with Gasteiger partial charge in [-0.1, -0.05) is 54.6 Å². The molecule has 4 aromatic rings. The molecule has 4 N–H and O–H groups in total. The molecule has 1 aliphatic rings. The summed E-state index contributed by atoms with van der Waals surface area (Å²) in [6.45, 7) is 0. The molecule has 8 nitrogen and oxygen atoms in total. The van der Waals surface area contributed by atoms with Crippen LogP contribution in [-0.2, 0) is 5.54 Å². The summed E-state index contributed by atoms with van der Waals surface area (Å²) >= 11 is 0. The lowest BCUT2D eigenvalue weighted by Gasteiger charge is -2.38. The number of nitrogens with two attached hydrogens (primary N) is 2. The molecular weight excluding hydrogens is 406 g/mol. The Bertz CT molecular complexity index is 1290. The zero-order valence-corrected chi connectivity index (χ0v) is 17.6. The second-order valence-corrected chi connectivity index (χ2v) is 7.97. The number of carbonyl (C=O) groups excluding carboxylic acids is 1. The Labute approximate surface area is 184 Å². The number of benzene rings is 2. The summed E-state index contributed by atoms with van der Waals surface area (Å²) in [6, 6.07) is 19.5. The molecule has 0 bridgehead atoms. The number of fused-ring (bicyclic) bond motifs is 1. The number of methoxy groups -OCH3 is 1. The Morgan fingerprint density at radius 3 is 2.38 bits per heavy atom. The predicted octanol–water partition coefficient (Wildman–Crippen LogP) is 3.87. The minimum absolute atomic E-state index is 0.0217. The van der Waals surface area contributed by atoms with Crippen molar-refractivity contribution < 1.29 is 14.3 Å². The topological polar surface area (TPSA) is 118 Å². The first kappa shape index (κ1) is 20.0. The molecule has 0 saturated heterocycles. The molecule has 0 spiro atoms. The van der Waals surface area contributed by atoms with Crippen molar-refractivity contribution in [2.45, 2.75) is 24.8 Å². The van der Waals surface area contributed by atoms with E-state index in [9.17, 15) is 4.79 Å². The van der Waals surface area contributed by atoms with Crippen LogP contribution in [0.2, 0.25) is 0 Å². The molecule has 1 saturated carbocycles. The molecule has 0 aliphatic heterocycles. The van der Waals surface area contributed by atoms with E-state index in [1.165, 1.54) is 13.2 Å². The van der Waals surface area contributed by atoms with Gasteiger partial charge in [-0.15, -0.1) is 5.10 Å². The Hall–Kier alpha value is -3.91. The lowest BCUT2D eigenvalue weighted by atomic mass is 9.72. The van der Waals surface area contributed by atoms with Crippen LogP contribution in [-0.4, -0.2) is 27.8 Å². The highest BCUT2D eigenvalue weighted by Gasteiger charge is 2.34. The summed E-state index contributed by atoms with van der Waals surface area (Å²) in [4.78, 5) is 16.2. The molecule has 32 heavy (non-hydrogen) atoms. The van der Waals surface area contributed by atoms with Gasteiger partial charge in [0, 0.05) is 22.7 Å². The van der Waals surface area contributed by atoms with E-state index in [-0.39, 0.29) is 11.4 Å². The van der Waals surface area contributed by atoms with Gasteiger partial charge in [-0.05, 0) is 24.8 Å². The molecule has 8 heteroatoms. The first-order chi connectivity index (χ1) is 15.5. The number of rotatable bonds is 5. The van der Waals surface area contributed by atoms with Gasteiger partial charge < -0.3 is 20.9 Å². The molecule has 2 aromatic carbocycles. The molecule has 0 unspecified atom stereocenters. The molecule has 2 aromatic heterocycles. The van der Waals surface area contributed by atoms with E-state index in [0.29, 0.717) is 11.4 Å². The second-order valence-electron chi connectivity index (χ2n) is 7.97. The van der Waals surface area contributed by atoms with Crippen LogP contribution in [0.1, 0.15) is 24.8 Å². The van der Waals surface area contributed by atoms with Gasteiger partial charge in [0.25, 0.3) is 0 Å². The molecule has 1 aliphatic carbocycles. The Morgan fingerprint density at radius 1 is 1.06 bits per heavy atom. The average Bonchev–Trinajstić information content (AvgIpc) is 3.16. The number of nitrogens with zero attached hydrogens (tertiary/aromatic N) is 3. The fourth-order valence-corrected chi connectivity index (χ4v) is 4.14. The number of amides is 1. The highest BCUT2D eigenvalue weighted by molar-refractivity contribution is 5.83. The third-order valence-electron chi connectivity index (χ3n) is 5.98. The van der Waals surface area contributed by atoms with Crippen LogP contribution in [0.3, 0.4) is 0 Å². The van der Waals surface area contributed by atoms with Gasteiger partial charge in [-0.3, -0.25) is 0 Å². The van der Waals surface area contributed by atoms with E-state index in [0.717, 1.165) is 47.3 Å². The van der Waals surface area contributed by atoms with E-state index in [1.807, 2.05) is 42.5 Å². The summed E-state index contributed by atoms with van der Waals surface area (Å²) in [5.74, 6) is 0.431. The lowest BCUT2D eigenvalue weighted by Crippen LogP contribution is -2.43. The fourth-order valence-electron chi connectivity index (χ4n) is 4.14. The van der Waals surface area contributed by atoms with Gasteiger partial charge in [0.1, 0.15) is 5.69 Å². The normalized spacial score (nSPS) is 14.7. The van der Waals surface area contributed by atoms with Crippen molar-refractivity contribution in [3.8, 4) is 34.1 Å². The van der Waals surface area contributed by atoms with Gasteiger partial charge in [0.2, 0.25) is 5.88 Å². The monoisotopic (exact) mass is 429 g/mol. The fraction of sp³-hybridized carbons (Fsp3) is 0.208. The Balaban J connectivity index is 1.72. The maximum Gasteiger partial charge on any atom is 0.411 e. The number of hydrogen-bond donors (Lipinski definition) is 2. The first-order valence-corrected chi connectivity index (χ1v) is 10.4. The number of carbonyl (C=O) groups is 1. The molecule has 162 valence electrons. The summed E-state index contributed by atoms with van der Waals surface area (Å²) in [6.07, 6.45) is 2.20. The van der Waals surface area contributed by atoms with E-state index in [4.69, 9.17) is 25.9 Å². The number of ether oxygens (including phenoxy) is 2. The summed E-state index contributed by atoms with van der Waals surface area (Å²) in [7, 11) is 1.52. The largest absolute Gasteiger partial charge is 0.493 e. The molecule has 1 amide bonds. The molecule has 0 atom stereocenters. The van der Waals surface area contributed by atoms with Crippen molar-refractivity contribution in [3.05, 3.63) is 66.2 Å². The standard InChI is InChI=1S/C24H23N5O3/c1-31-18-14-19(32-23(25)30)28-29-21(16-6-3-2-4-7-16)20(27-22(18)29)15-8-10-17(11-9-15)24(26)12-5-13-24/h2-4,6-11,14H,5,12-13,26H2,1H3,(H2,25,30). The summed E-state index contributed by atoms with van der Waals surface area (Å²) < 4.78 is 12.1. The maximum atomic E-state index is 11.3. The molecule has 5 rings (SSSR count). The zero-order chi connectivity index (χ0) is 22.3. The van der Waals surface area contributed by atoms with Crippen molar-refractivity contribution in [2.75, 3.05) is 7.11 Å². The Kier molecular flexibility index (Phi) is 4.79. The zero-order valence-electron chi connectivity index (χ0n) is 17.6. The van der Waals surface area contributed by atoms with E-state index in [1.54, 1.807) is 4.52 Å². The second kappa shape index (κ2) is 7.65. The van der Waals surface area contributed by atoms with Crippen LogP contribution in [0.5, 0.6) is 11.6 Å². The molecule has 2 heterocycles. The highest BCUT2D eigenvalue weighted by atomic mass is 16.6. The van der Waals surface area contributed by atoms with Crippen molar-refractivity contribution in [3.63, 3.8) is 0 Å². The van der Waals surface area contributed by atoms with Crippen molar-refractivity contribution in [2.24, 2.45) is 11.5 Å². The number of hydrogen-bond acceptors (Lipinski definition) is 6. The van der Waals surface area contributed by atoms with Gasteiger partial charge in [-0.2, -0.15) is 0 Å². The predicted molar refractivity (Wildman–Crippen MR) is 120 cm³/mol. The highest BCUT2D eigenvalue weighted by Crippen LogP contribution is 2.40. The lowest BCUT2D eigenvalue weighted by molar-refractivity contribution is 0.208. The molecule has 0 radical (unpaired) electrons.